The van der Waals surface area contributed by atoms with Crippen molar-refractivity contribution < 1.29 is 9.59 Å². The fourth-order valence-electron chi connectivity index (χ4n) is 4.32. The van der Waals surface area contributed by atoms with E-state index >= 15 is 0 Å². The summed E-state index contributed by atoms with van der Waals surface area (Å²) in [6, 6.07) is 8.08. The first-order valence-corrected chi connectivity index (χ1v) is 9.63. The van der Waals surface area contributed by atoms with Gasteiger partial charge < -0.3 is 14.4 Å². The molecule has 7 nitrogen and oxygen atoms in total. The zero-order valence-corrected chi connectivity index (χ0v) is 16.0. The van der Waals surface area contributed by atoms with Crippen molar-refractivity contribution in [2.24, 2.45) is 5.92 Å². The molecule has 1 aromatic heterocycles. The van der Waals surface area contributed by atoms with Crippen LogP contribution < -0.4 is 0 Å². The number of aromatic nitrogens is 2. The van der Waals surface area contributed by atoms with Crippen molar-refractivity contribution in [1.82, 2.24) is 24.3 Å². The molecule has 5 rings (SSSR count). The minimum absolute atomic E-state index is 0.124. The van der Waals surface area contributed by atoms with Gasteiger partial charge in [-0.1, -0.05) is 12.1 Å². The number of fused-ring (bicyclic) bond motifs is 5. The Labute approximate surface area is 159 Å². The molecule has 2 aromatic rings. The number of hydrogen-bond acceptors (Lipinski definition) is 4. The van der Waals surface area contributed by atoms with Gasteiger partial charge in [-0.3, -0.25) is 14.5 Å². The van der Waals surface area contributed by atoms with Crippen molar-refractivity contribution in [3.63, 3.8) is 0 Å². The maximum absolute atomic E-state index is 13.1. The van der Waals surface area contributed by atoms with Crippen LogP contribution >= 0.6 is 0 Å². The summed E-state index contributed by atoms with van der Waals surface area (Å²) in [5.41, 5.74) is 1.90. The Balaban J connectivity index is 1.46. The predicted molar refractivity (Wildman–Crippen MR) is 103 cm³/mol. The highest BCUT2D eigenvalue weighted by Crippen LogP contribution is 2.28. The third kappa shape index (κ3) is 3.69. The topological polar surface area (TPSA) is 61.7 Å². The van der Waals surface area contributed by atoms with E-state index < -0.39 is 0 Å². The van der Waals surface area contributed by atoms with Crippen LogP contribution in [0.4, 0.5) is 0 Å². The maximum Gasteiger partial charge on any atom is 0.242 e. The number of para-hydroxylation sites is 2. The first-order valence-electron chi connectivity index (χ1n) is 9.63. The number of hydrogen-bond donors (Lipinski definition) is 0. The molecule has 0 unspecified atom stereocenters. The van der Waals surface area contributed by atoms with E-state index in [0.29, 0.717) is 19.0 Å². The number of piperidine rings is 1. The third-order valence-corrected chi connectivity index (χ3v) is 5.80. The fraction of sp³-hybridized carbons (Fsp3) is 0.550. The van der Waals surface area contributed by atoms with E-state index in [-0.39, 0.29) is 17.9 Å². The zero-order chi connectivity index (χ0) is 19.0. The molecule has 27 heavy (non-hydrogen) atoms. The Bertz CT molecular complexity index is 846. The van der Waals surface area contributed by atoms with Gasteiger partial charge >= 0.3 is 0 Å². The standard InChI is InChI=1S/C20H27N5O2/c1-22(2)19(26)12-23-9-15-7-8-16(11-23)25(10-15)20(27)13-24-14-21-17-5-3-4-6-18(17)24/h3-6,14-16H,7-13H2,1-2H3/t15-,16+/m0/s1. The van der Waals surface area contributed by atoms with Crippen LogP contribution in [0.3, 0.4) is 0 Å². The van der Waals surface area contributed by atoms with Crippen molar-refractivity contribution in [1.29, 1.82) is 0 Å². The number of likely N-dealkylation sites (N-methyl/N-ethyl adjacent to an activating group) is 1. The van der Waals surface area contributed by atoms with Crippen LogP contribution in [-0.2, 0) is 16.1 Å². The number of amides is 2. The van der Waals surface area contributed by atoms with E-state index in [0.717, 1.165) is 43.5 Å². The van der Waals surface area contributed by atoms with Gasteiger partial charge in [0.1, 0.15) is 6.54 Å². The van der Waals surface area contributed by atoms with Gasteiger partial charge in [0.2, 0.25) is 11.8 Å². The molecule has 4 heterocycles. The van der Waals surface area contributed by atoms with Gasteiger partial charge in [0.25, 0.3) is 0 Å². The Morgan fingerprint density at radius 2 is 1.93 bits per heavy atom. The highest BCUT2D eigenvalue weighted by molar-refractivity contribution is 5.81. The molecule has 7 heteroatoms. The Kier molecular flexibility index (Phi) is 4.86. The quantitative estimate of drug-likeness (QED) is 0.808. The SMILES string of the molecule is CN(C)C(=O)CN1C[C@@H]2CC[C@H](C1)N(C(=O)Cn1cnc3ccccc31)C2. The smallest absolute Gasteiger partial charge is 0.242 e. The van der Waals surface area contributed by atoms with Crippen LogP contribution in [0.5, 0.6) is 0 Å². The Morgan fingerprint density at radius 3 is 2.74 bits per heavy atom. The van der Waals surface area contributed by atoms with Crippen molar-refractivity contribution in [2.45, 2.75) is 25.4 Å². The summed E-state index contributed by atoms with van der Waals surface area (Å²) < 4.78 is 1.93. The fourth-order valence-corrected chi connectivity index (χ4v) is 4.32. The van der Waals surface area contributed by atoms with E-state index in [1.807, 2.05) is 33.7 Å². The monoisotopic (exact) mass is 369 g/mol. The van der Waals surface area contributed by atoms with E-state index in [1.165, 1.54) is 0 Å². The number of carbonyl (C=O) groups is 2. The largest absolute Gasteiger partial charge is 0.348 e. The van der Waals surface area contributed by atoms with Crippen LogP contribution in [0.25, 0.3) is 11.0 Å². The molecule has 0 N–H and O–H groups in total. The van der Waals surface area contributed by atoms with E-state index in [9.17, 15) is 9.59 Å². The minimum Gasteiger partial charge on any atom is -0.348 e. The van der Waals surface area contributed by atoms with Crippen LogP contribution in [0.1, 0.15) is 12.8 Å². The van der Waals surface area contributed by atoms with Gasteiger partial charge in [0.15, 0.2) is 0 Å². The van der Waals surface area contributed by atoms with Crippen LogP contribution in [-0.4, -0.2) is 82.4 Å². The molecular weight excluding hydrogens is 342 g/mol. The van der Waals surface area contributed by atoms with E-state index in [2.05, 4.69) is 9.88 Å². The summed E-state index contributed by atoms with van der Waals surface area (Å²) in [4.78, 5) is 35.5. The lowest BCUT2D eigenvalue weighted by molar-refractivity contribution is -0.135. The summed E-state index contributed by atoms with van der Waals surface area (Å²) in [6.45, 7) is 3.23. The number of rotatable bonds is 4. The molecule has 1 aromatic carbocycles. The first-order chi connectivity index (χ1) is 13.0. The van der Waals surface area contributed by atoms with Gasteiger partial charge in [0, 0.05) is 39.8 Å². The van der Waals surface area contributed by atoms with Crippen molar-refractivity contribution in [3.05, 3.63) is 30.6 Å². The number of imidazole rings is 1. The predicted octanol–water partition coefficient (Wildman–Crippen LogP) is 1.05. The summed E-state index contributed by atoms with van der Waals surface area (Å²) in [5, 5.41) is 0. The minimum atomic E-state index is 0.124. The molecular formula is C20H27N5O2. The Morgan fingerprint density at radius 1 is 1.11 bits per heavy atom. The van der Waals surface area contributed by atoms with Gasteiger partial charge in [-0.2, -0.15) is 0 Å². The number of carbonyl (C=O) groups excluding carboxylic acids is 2. The zero-order valence-electron chi connectivity index (χ0n) is 16.0. The lowest BCUT2D eigenvalue weighted by Crippen LogP contribution is -2.48. The molecule has 144 valence electrons. The molecule has 0 spiro atoms. The summed E-state index contributed by atoms with van der Waals surface area (Å²) in [6.07, 6.45) is 3.91. The first kappa shape index (κ1) is 18.0. The summed E-state index contributed by atoms with van der Waals surface area (Å²) in [5.74, 6) is 0.717. The van der Waals surface area contributed by atoms with Gasteiger partial charge in [-0.05, 0) is 30.9 Å². The molecule has 0 saturated carbocycles. The number of nitrogens with zero attached hydrogens (tertiary/aromatic N) is 5. The van der Waals surface area contributed by atoms with Crippen LogP contribution in [0.2, 0.25) is 0 Å². The van der Waals surface area contributed by atoms with Crippen molar-refractivity contribution >= 4 is 22.8 Å². The second-order valence-electron chi connectivity index (χ2n) is 7.99. The normalized spacial score (nSPS) is 22.8. The highest BCUT2D eigenvalue weighted by atomic mass is 16.2. The van der Waals surface area contributed by atoms with Crippen molar-refractivity contribution in [2.75, 3.05) is 40.3 Å². The molecule has 2 bridgehead atoms. The van der Waals surface area contributed by atoms with E-state index in [4.69, 9.17) is 0 Å². The van der Waals surface area contributed by atoms with E-state index in [1.54, 1.807) is 25.3 Å². The molecule has 3 saturated heterocycles. The second-order valence-corrected chi connectivity index (χ2v) is 7.99. The Hall–Kier alpha value is -2.41. The third-order valence-electron chi connectivity index (χ3n) is 5.80. The molecule has 2 atom stereocenters. The lowest BCUT2D eigenvalue weighted by atomic mass is 9.95. The molecule has 3 aliphatic heterocycles. The van der Waals surface area contributed by atoms with Crippen molar-refractivity contribution in [3.8, 4) is 0 Å². The average molecular weight is 369 g/mol. The van der Waals surface area contributed by atoms with Gasteiger partial charge in [0.05, 0.1) is 23.9 Å². The van der Waals surface area contributed by atoms with Gasteiger partial charge in [-0.25, -0.2) is 4.98 Å². The number of benzene rings is 1. The second kappa shape index (κ2) is 7.31. The molecule has 0 aliphatic carbocycles. The summed E-state index contributed by atoms with van der Waals surface area (Å²) >= 11 is 0. The molecule has 2 amide bonds. The molecule has 3 aliphatic rings. The van der Waals surface area contributed by atoms with Crippen LogP contribution in [0.15, 0.2) is 30.6 Å². The molecule has 3 fully saturated rings. The van der Waals surface area contributed by atoms with Gasteiger partial charge in [-0.15, -0.1) is 0 Å². The average Bonchev–Trinajstić information content (AvgIpc) is 2.84. The molecule has 0 radical (unpaired) electrons. The highest BCUT2D eigenvalue weighted by Gasteiger charge is 2.37. The summed E-state index contributed by atoms with van der Waals surface area (Å²) in [7, 11) is 3.58. The lowest BCUT2D eigenvalue weighted by Gasteiger charge is -2.36. The van der Waals surface area contributed by atoms with Crippen LogP contribution in [0, 0.1) is 5.92 Å². The maximum atomic E-state index is 13.1.